The monoisotopic (exact) mass is 430 g/mol. The number of methoxy groups -OCH3 is 2. The lowest BCUT2D eigenvalue weighted by Crippen LogP contribution is -2.44. The fourth-order valence-corrected chi connectivity index (χ4v) is 3.93. The Kier molecular flexibility index (Phi) is 7.21. The molecule has 1 heterocycles. The van der Waals surface area contributed by atoms with Gasteiger partial charge in [0, 0.05) is 29.9 Å². The minimum Gasteiger partial charge on any atom is -0.493 e. The zero-order valence-corrected chi connectivity index (χ0v) is 18.1. The van der Waals surface area contributed by atoms with Crippen LogP contribution in [0.2, 0.25) is 5.02 Å². The molecule has 7 heteroatoms. The Hall–Kier alpha value is -2.73. The van der Waals surface area contributed by atoms with Crippen molar-refractivity contribution in [3.05, 3.63) is 58.6 Å². The highest BCUT2D eigenvalue weighted by Gasteiger charge is 2.37. The molecule has 0 aliphatic carbocycles. The summed E-state index contributed by atoms with van der Waals surface area (Å²) < 4.78 is 10.5. The van der Waals surface area contributed by atoms with Gasteiger partial charge in [-0.2, -0.15) is 0 Å². The van der Waals surface area contributed by atoms with Gasteiger partial charge in [0.2, 0.25) is 11.8 Å². The van der Waals surface area contributed by atoms with Crippen molar-refractivity contribution in [2.45, 2.75) is 44.2 Å². The summed E-state index contributed by atoms with van der Waals surface area (Å²) in [6.07, 6.45) is 2.80. The number of hydrogen-bond acceptors (Lipinski definition) is 4. The van der Waals surface area contributed by atoms with Gasteiger partial charge in [-0.3, -0.25) is 9.59 Å². The summed E-state index contributed by atoms with van der Waals surface area (Å²) in [6, 6.07) is 13.2. The zero-order chi connectivity index (χ0) is 21.6. The SMILES string of the molecule is COc1ccc(CNC(=O)CCC2(Cc3ccc(Cl)cc3)CCC(=O)N2)cc1OC. The fraction of sp³-hybridized carbons (Fsp3) is 0.391. The Balaban J connectivity index is 1.57. The Morgan fingerprint density at radius 2 is 1.80 bits per heavy atom. The van der Waals surface area contributed by atoms with Gasteiger partial charge in [-0.25, -0.2) is 0 Å². The molecule has 0 saturated carbocycles. The molecule has 3 rings (SSSR count). The molecule has 2 N–H and O–H groups in total. The van der Waals surface area contributed by atoms with Crippen LogP contribution in [0.25, 0.3) is 0 Å². The Morgan fingerprint density at radius 3 is 2.43 bits per heavy atom. The number of carbonyl (C=O) groups is 2. The van der Waals surface area contributed by atoms with Crippen LogP contribution in [0.15, 0.2) is 42.5 Å². The van der Waals surface area contributed by atoms with Crippen molar-refractivity contribution in [1.82, 2.24) is 10.6 Å². The second kappa shape index (κ2) is 9.85. The van der Waals surface area contributed by atoms with Gasteiger partial charge in [-0.15, -0.1) is 0 Å². The molecule has 1 atom stereocenters. The maximum atomic E-state index is 12.5. The van der Waals surface area contributed by atoms with Crippen molar-refractivity contribution in [2.24, 2.45) is 0 Å². The number of rotatable bonds is 9. The molecule has 1 saturated heterocycles. The number of hydrogen-bond donors (Lipinski definition) is 2. The highest BCUT2D eigenvalue weighted by molar-refractivity contribution is 6.30. The Labute approximate surface area is 181 Å². The fourth-order valence-electron chi connectivity index (χ4n) is 3.81. The van der Waals surface area contributed by atoms with E-state index in [0.29, 0.717) is 48.7 Å². The molecule has 0 radical (unpaired) electrons. The van der Waals surface area contributed by atoms with Gasteiger partial charge >= 0.3 is 0 Å². The molecule has 0 bridgehead atoms. The first kappa shape index (κ1) is 22.0. The third-order valence-electron chi connectivity index (χ3n) is 5.46. The molecular weight excluding hydrogens is 404 g/mol. The molecule has 6 nitrogen and oxygen atoms in total. The molecule has 160 valence electrons. The van der Waals surface area contributed by atoms with Crippen molar-refractivity contribution in [2.75, 3.05) is 14.2 Å². The van der Waals surface area contributed by atoms with E-state index in [2.05, 4.69) is 10.6 Å². The van der Waals surface area contributed by atoms with Crippen LogP contribution in [0.3, 0.4) is 0 Å². The number of ether oxygens (including phenoxy) is 2. The van der Waals surface area contributed by atoms with Crippen LogP contribution in [0, 0.1) is 0 Å². The molecule has 1 fully saturated rings. The van der Waals surface area contributed by atoms with Crippen LogP contribution in [0.5, 0.6) is 11.5 Å². The third-order valence-corrected chi connectivity index (χ3v) is 5.71. The van der Waals surface area contributed by atoms with Gasteiger partial charge in [0.25, 0.3) is 0 Å². The zero-order valence-electron chi connectivity index (χ0n) is 17.3. The molecule has 30 heavy (non-hydrogen) atoms. The number of amides is 2. The van der Waals surface area contributed by atoms with Crippen LogP contribution in [-0.2, 0) is 22.6 Å². The first-order valence-electron chi connectivity index (χ1n) is 9.96. The van der Waals surface area contributed by atoms with Crippen molar-refractivity contribution < 1.29 is 19.1 Å². The smallest absolute Gasteiger partial charge is 0.220 e. The first-order chi connectivity index (χ1) is 14.4. The number of benzene rings is 2. The molecule has 2 aromatic rings. The summed E-state index contributed by atoms with van der Waals surface area (Å²) in [5.74, 6) is 1.25. The largest absolute Gasteiger partial charge is 0.493 e. The predicted octanol–water partition coefficient (Wildman–Crippen LogP) is 3.65. The number of carbonyl (C=O) groups excluding carboxylic acids is 2. The molecule has 0 spiro atoms. The van der Waals surface area contributed by atoms with Gasteiger partial charge in [-0.05, 0) is 54.7 Å². The molecule has 1 aliphatic heterocycles. The molecule has 2 aromatic carbocycles. The summed E-state index contributed by atoms with van der Waals surface area (Å²) in [7, 11) is 3.16. The van der Waals surface area contributed by atoms with Crippen molar-refractivity contribution in [3.63, 3.8) is 0 Å². The van der Waals surface area contributed by atoms with Gasteiger partial charge in [-0.1, -0.05) is 29.8 Å². The van der Waals surface area contributed by atoms with E-state index in [1.807, 2.05) is 42.5 Å². The molecule has 1 unspecified atom stereocenters. The highest BCUT2D eigenvalue weighted by Crippen LogP contribution is 2.30. The van der Waals surface area contributed by atoms with Gasteiger partial charge in [0.1, 0.15) is 0 Å². The second-order valence-corrected chi connectivity index (χ2v) is 8.03. The maximum absolute atomic E-state index is 12.5. The maximum Gasteiger partial charge on any atom is 0.220 e. The van der Waals surface area contributed by atoms with E-state index < -0.39 is 5.54 Å². The van der Waals surface area contributed by atoms with E-state index in [9.17, 15) is 9.59 Å². The Morgan fingerprint density at radius 1 is 1.10 bits per heavy atom. The topological polar surface area (TPSA) is 76.7 Å². The minimum atomic E-state index is -0.397. The van der Waals surface area contributed by atoms with Gasteiger partial charge in [0.15, 0.2) is 11.5 Å². The quantitative estimate of drug-likeness (QED) is 0.636. The van der Waals surface area contributed by atoms with Crippen molar-refractivity contribution in [3.8, 4) is 11.5 Å². The minimum absolute atomic E-state index is 0.0368. The average Bonchev–Trinajstić information content (AvgIpc) is 3.12. The summed E-state index contributed by atoms with van der Waals surface area (Å²) in [5, 5.41) is 6.73. The van der Waals surface area contributed by atoms with E-state index in [0.717, 1.165) is 17.5 Å². The van der Waals surface area contributed by atoms with Crippen molar-refractivity contribution >= 4 is 23.4 Å². The van der Waals surface area contributed by atoms with E-state index in [1.54, 1.807) is 14.2 Å². The van der Waals surface area contributed by atoms with E-state index in [-0.39, 0.29) is 11.8 Å². The van der Waals surface area contributed by atoms with Crippen molar-refractivity contribution in [1.29, 1.82) is 0 Å². The van der Waals surface area contributed by atoms with Crippen LogP contribution in [-0.4, -0.2) is 31.6 Å². The molecule has 0 aromatic heterocycles. The molecule has 2 amide bonds. The highest BCUT2D eigenvalue weighted by atomic mass is 35.5. The van der Waals surface area contributed by atoms with Crippen LogP contribution < -0.4 is 20.1 Å². The predicted molar refractivity (Wildman–Crippen MR) is 116 cm³/mol. The van der Waals surface area contributed by atoms with E-state index in [4.69, 9.17) is 21.1 Å². The first-order valence-corrected chi connectivity index (χ1v) is 10.3. The third kappa shape index (κ3) is 5.66. The summed E-state index contributed by atoms with van der Waals surface area (Å²) in [5.41, 5.74) is 1.62. The van der Waals surface area contributed by atoms with Gasteiger partial charge < -0.3 is 20.1 Å². The van der Waals surface area contributed by atoms with E-state index in [1.165, 1.54) is 0 Å². The normalized spacial score (nSPS) is 18.0. The standard InChI is InChI=1S/C23H27ClN2O4/c1-29-19-8-5-17(13-20(19)30-2)15-25-21(27)9-11-23(12-10-22(28)26-23)14-16-3-6-18(24)7-4-16/h3-8,13H,9-12,14-15H2,1-2H3,(H,25,27)(H,26,28). The summed E-state index contributed by atoms with van der Waals surface area (Å²) >= 11 is 5.97. The Bertz CT molecular complexity index is 901. The lowest BCUT2D eigenvalue weighted by molar-refractivity contribution is -0.122. The van der Waals surface area contributed by atoms with E-state index >= 15 is 0 Å². The lowest BCUT2D eigenvalue weighted by atomic mass is 9.85. The average molecular weight is 431 g/mol. The summed E-state index contributed by atoms with van der Waals surface area (Å²) in [4.78, 5) is 24.4. The second-order valence-electron chi connectivity index (χ2n) is 7.60. The van der Waals surface area contributed by atoms with Crippen LogP contribution in [0.4, 0.5) is 0 Å². The molecular formula is C23H27ClN2O4. The summed E-state index contributed by atoms with van der Waals surface area (Å²) in [6.45, 7) is 0.399. The van der Waals surface area contributed by atoms with Crippen LogP contribution in [0.1, 0.15) is 36.8 Å². The number of halogens is 1. The number of nitrogens with one attached hydrogen (secondary N) is 2. The lowest BCUT2D eigenvalue weighted by Gasteiger charge is -2.29. The molecule has 1 aliphatic rings. The van der Waals surface area contributed by atoms with Crippen LogP contribution >= 0.6 is 11.6 Å². The van der Waals surface area contributed by atoms with Gasteiger partial charge in [0.05, 0.1) is 14.2 Å².